The third-order valence-corrected chi connectivity index (χ3v) is 4.25. The number of rotatable bonds is 7. The van der Waals surface area contributed by atoms with E-state index in [-0.39, 0.29) is 18.3 Å². The predicted molar refractivity (Wildman–Crippen MR) is 93.7 cm³/mol. The van der Waals surface area contributed by atoms with Crippen LogP contribution in [0.15, 0.2) is 29.6 Å². The SMILES string of the molecule is Cc1csc(CCCCNC(=O)c2ccc(CN)cc2)n1.Cl. The van der Waals surface area contributed by atoms with E-state index in [9.17, 15) is 4.79 Å². The first-order valence-electron chi connectivity index (χ1n) is 7.17. The van der Waals surface area contributed by atoms with Crippen molar-refractivity contribution < 1.29 is 4.79 Å². The zero-order chi connectivity index (χ0) is 15.1. The number of unbranched alkanes of at least 4 members (excludes halogenated alkanes) is 1. The summed E-state index contributed by atoms with van der Waals surface area (Å²) in [6.45, 7) is 3.20. The maximum Gasteiger partial charge on any atom is 0.251 e. The molecule has 0 unspecified atom stereocenters. The largest absolute Gasteiger partial charge is 0.352 e. The molecule has 0 aliphatic heterocycles. The summed E-state index contributed by atoms with van der Waals surface area (Å²) >= 11 is 1.71. The average molecular weight is 340 g/mol. The van der Waals surface area contributed by atoms with E-state index in [4.69, 9.17) is 5.73 Å². The van der Waals surface area contributed by atoms with Gasteiger partial charge in [0.15, 0.2) is 0 Å². The van der Waals surface area contributed by atoms with Crippen molar-refractivity contribution in [3.05, 3.63) is 51.5 Å². The molecule has 0 radical (unpaired) electrons. The molecule has 0 aliphatic carbocycles. The third-order valence-electron chi connectivity index (χ3n) is 3.22. The Kier molecular flexibility index (Phi) is 8.09. The smallest absolute Gasteiger partial charge is 0.251 e. The van der Waals surface area contributed by atoms with Gasteiger partial charge in [0.1, 0.15) is 0 Å². The lowest BCUT2D eigenvalue weighted by atomic mass is 10.1. The van der Waals surface area contributed by atoms with Crippen LogP contribution in [0.4, 0.5) is 0 Å². The Morgan fingerprint density at radius 2 is 2.00 bits per heavy atom. The second kappa shape index (κ2) is 9.56. The number of benzene rings is 1. The van der Waals surface area contributed by atoms with Crippen LogP contribution >= 0.6 is 23.7 Å². The van der Waals surface area contributed by atoms with Gasteiger partial charge in [0.05, 0.1) is 5.01 Å². The number of aryl methyl sites for hydroxylation is 2. The van der Waals surface area contributed by atoms with Gasteiger partial charge in [0.2, 0.25) is 0 Å². The van der Waals surface area contributed by atoms with Crippen molar-refractivity contribution in [1.82, 2.24) is 10.3 Å². The Morgan fingerprint density at radius 1 is 1.27 bits per heavy atom. The van der Waals surface area contributed by atoms with Crippen molar-refractivity contribution in [2.75, 3.05) is 6.54 Å². The van der Waals surface area contributed by atoms with Gasteiger partial charge in [0, 0.05) is 29.7 Å². The first kappa shape index (κ1) is 18.6. The molecule has 0 aliphatic rings. The van der Waals surface area contributed by atoms with Gasteiger partial charge in [-0.3, -0.25) is 4.79 Å². The zero-order valence-corrected chi connectivity index (χ0v) is 14.3. The molecule has 2 aromatic rings. The lowest BCUT2D eigenvalue weighted by Gasteiger charge is -2.05. The van der Waals surface area contributed by atoms with E-state index in [0.717, 1.165) is 30.5 Å². The van der Waals surface area contributed by atoms with E-state index in [1.165, 1.54) is 5.01 Å². The van der Waals surface area contributed by atoms with Crippen molar-refractivity contribution in [2.45, 2.75) is 32.7 Å². The maximum atomic E-state index is 11.9. The van der Waals surface area contributed by atoms with Crippen LogP contribution in [0.3, 0.4) is 0 Å². The molecule has 22 heavy (non-hydrogen) atoms. The second-order valence-electron chi connectivity index (χ2n) is 5.00. The van der Waals surface area contributed by atoms with Gasteiger partial charge >= 0.3 is 0 Å². The lowest BCUT2D eigenvalue weighted by Crippen LogP contribution is -2.24. The van der Waals surface area contributed by atoms with Gasteiger partial charge in [-0.2, -0.15) is 0 Å². The van der Waals surface area contributed by atoms with Crippen LogP contribution in [0.2, 0.25) is 0 Å². The molecule has 3 N–H and O–H groups in total. The molecule has 120 valence electrons. The minimum atomic E-state index is -0.0244. The molecule has 6 heteroatoms. The standard InChI is InChI=1S/C16H21N3OS.ClH/c1-12-11-21-15(19-12)4-2-3-9-18-16(20)14-7-5-13(10-17)6-8-14;/h5-8,11H,2-4,9-10,17H2,1H3,(H,18,20);1H. The van der Waals surface area contributed by atoms with Crippen molar-refractivity contribution in [1.29, 1.82) is 0 Å². The molecule has 2 rings (SSSR count). The first-order valence-corrected chi connectivity index (χ1v) is 8.05. The van der Waals surface area contributed by atoms with Gasteiger partial charge in [-0.15, -0.1) is 23.7 Å². The van der Waals surface area contributed by atoms with Gasteiger partial charge in [-0.05, 0) is 43.9 Å². The minimum Gasteiger partial charge on any atom is -0.352 e. The molecule has 0 spiro atoms. The first-order chi connectivity index (χ1) is 10.2. The van der Waals surface area contributed by atoms with E-state index < -0.39 is 0 Å². The highest BCUT2D eigenvalue weighted by molar-refractivity contribution is 7.09. The molecular weight excluding hydrogens is 318 g/mol. The number of nitrogens with one attached hydrogen (secondary N) is 1. The van der Waals surface area contributed by atoms with Gasteiger partial charge in [0.25, 0.3) is 5.91 Å². The Bertz CT molecular complexity index is 583. The highest BCUT2D eigenvalue weighted by atomic mass is 35.5. The summed E-state index contributed by atoms with van der Waals surface area (Å²) in [6, 6.07) is 7.41. The van der Waals surface area contributed by atoms with E-state index >= 15 is 0 Å². The quantitative estimate of drug-likeness (QED) is 0.762. The molecule has 1 aromatic heterocycles. The molecule has 0 fully saturated rings. The topological polar surface area (TPSA) is 68.0 Å². The molecule has 1 amide bonds. The highest BCUT2D eigenvalue weighted by Gasteiger charge is 2.04. The number of hydrogen-bond acceptors (Lipinski definition) is 4. The van der Waals surface area contributed by atoms with E-state index in [0.29, 0.717) is 18.7 Å². The zero-order valence-electron chi connectivity index (χ0n) is 12.7. The number of nitrogens with zero attached hydrogens (tertiary/aromatic N) is 1. The van der Waals surface area contributed by atoms with E-state index in [2.05, 4.69) is 15.7 Å². The fourth-order valence-electron chi connectivity index (χ4n) is 2.01. The minimum absolute atomic E-state index is 0. The summed E-state index contributed by atoms with van der Waals surface area (Å²) in [5.41, 5.74) is 8.34. The van der Waals surface area contributed by atoms with Crippen LogP contribution in [-0.2, 0) is 13.0 Å². The van der Waals surface area contributed by atoms with Crippen molar-refractivity contribution in [3.63, 3.8) is 0 Å². The van der Waals surface area contributed by atoms with Crippen LogP contribution in [0.5, 0.6) is 0 Å². The van der Waals surface area contributed by atoms with Crippen molar-refractivity contribution >= 4 is 29.7 Å². The Morgan fingerprint density at radius 3 is 2.59 bits per heavy atom. The van der Waals surface area contributed by atoms with Crippen molar-refractivity contribution in [2.24, 2.45) is 5.73 Å². The fourth-order valence-corrected chi connectivity index (χ4v) is 2.83. The van der Waals surface area contributed by atoms with Gasteiger partial charge in [-0.25, -0.2) is 4.98 Å². The summed E-state index contributed by atoms with van der Waals surface area (Å²) in [7, 11) is 0. The number of nitrogens with two attached hydrogens (primary N) is 1. The monoisotopic (exact) mass is 339 g/mol. The highest BCUT2D eigenvalue weighted by Crippen LogP contribution is 2.11. The predicted octanol–water partition coefficient (Wildman–Crippen LogP) is 3.08. The molecule has 4 nitrogen and oxygen atoms in total. The number of amides is 1. The van der Waals surface area contributed by atoms with Gasteiger partial charge < -0.3 is 11.1 Å². The summed E-state index contributed by atoms with van der Waals surface area (Å²) in [5, 5.41) is 6.19. The number of carbonyl (C=O) groups excluding carboxylic acids is 1. The maximum absolute atomic E-state index is 11.9. The summed E-state index contributed by atoms with van der Waals surface area (Å²) in [5.74, 6) is -0.0244. The molecule has 1 heterocycles. The molecule has 0 atom stereocenters. The molecule has 0 saturated carbocycles. The Labute approximate surface area is 141 Å². The second-order valence-corrected chi connectivity index (χ2v) is 5.94. The van der Waals surface area contributed by atoms with Gasteiger partial charge in [-0.1, -0.05) is 12.1 Å². The van der Waals surface area contributed by atoms with Crippen LogP contribution in [0, 0.1) is 6.92 Å². The Balaban J connectivity index is 0.00000242. The van der Waals surface area contributed by atoms with E-state index in [1.54, 1.807) is 11.3 Å². The summed E-state index contributed by atoms with van der Waals surface area (Å²) in [4.78, 5) is 16.4. The number of hydrogen-bond donors (Lipinski definition) is 2. The van der Waals surface area contributed by atoms with Crippen LogP contribution < -0.4 is 11.1 Å². The van der Waals surface area contributed by atoms with Crippen molar-refractivity contribution in [3.8, 4) is 0 Å². The van der Waals surface area contributed by atoms with Crippen LogP contribution in [-0.4, -0.2) is 17.4 Å². The third kappa shape index (κ3) is 5.75. The number of halogens is 1. The van der Waals surface area contributed by atoms with Crippen LogP contribution in [0.1, 0.15) is 39.5 Å². The molecule has 0 saturated heterocycles. The Hall–Kier alpha value is -1.43. The molecule has 1 aromatic carbocycles. The molecular formula is C16H22ClN3OS. The summed E-state index contributed by atoms with van der Waals surface area (Å²) in [6.07, 6.45) is 2.99. The fraction of sp³-hybridized carbons (Fsp3) is 0.375. The summed E-state index contributed by atoms with van der Waals surface area (Å²) < 4.78 is 0. The number of aromatic nitrogens is 1. The van der Waals surface area contributed by atoms with Crippen LogP contribution in [0.25, 0.3) is 0 Å². The normalized spacial score (nSPS) is 10.1. The molecule has 0 bridgehead atoms. The average Bonchev–Trinajstić information content (AvgIpc) is 2.92. The number of thiazole rings is 1. The van der Waals surface area contributed by atoms with E-state index in [1.807, 2.05) is 31.2 Å². The lowest BCUT2D eigenvalue weighted by molar-refractivity contribution is 0.0953. The number of carbonyl (C=O) groups is 1.